The van der Waals surface area contributed by atoms with Gasteiger partial charge in [0.05, 0.1) is 22.3 Å². The van der Waals surface area contributed by atoms with Crippen LogP contribution in [0.25, 0.3) is 10.2 Å². The molecule has 3 amide bonds. The van der Waals surface area contributed by atoms with Gasteiger partial charge in [-0.15, -0.1) is 11.3 Å². The molecule has 13 nitrogen and oxygen atoms in total. The standard InChI is InChI=1S/C38H49N7O6S/c1-23(2)19-30-31(46)22-26(21-25-12-14-27(15-13-25)51-18-7-6-16-41-33(47)20-24(3)35(49)44-30)36(50)43-29(10-8-17-42-38(39)40)34(48)37-45-28-9-4-5-11-32(28)52-37/h4-7,9,11-15,23-24,26,29-30H,8,10,16-22H2,1-3H3,(H,41,47)(H,43,50)(H,44,49)(H4,39,40,42)/b7-6+/t24-,26+,29-,30-/m0/s1. The molecule has 1 aromatic heterocycles. The first-order chi connectivity index (χ1) is 24.9. The van der Waals surface area contributed by atoms with Crippen LogP contribution in [0.4, 0.5) is 0 Å². The van der Waals surface area contributed by atoms with Crippen molar-refractivity contribution in [1.29, 1.82) is 0 Å². The molecule has 4 atom stereocenters. The number of hydrogen-bond donors (Lipinski definition) is 5. The number of nitrogens with two attached hydrogens (primary N) is 2. The number of ketones is 2. The van der Waals surface area contributed by atoms with Gasteiger partial charge in [0.15, 0.2) is 16.8 Å². The van der Waals surface area contributed by atoms with Crippen molar-refractivity contribution in [2.24, 2.45) is 34.2 Å². The second kappa shape index (κ2) is 19.5. The van der Waals surface area contributed by atoms with Crippen LogP contribution in [0.2, 0.25) is 0 Å². The van der Waals surface area contributed by atoms with E-state index < -0.39 is 35.7 Å². The number of ether oxygens (including phenoxy) is 1. The summed E-state index contributed by atoms with van der Waals surface area (Å²) in [6.45, 7) is 6.33. The Morgan fingerprint density at radius 1 is 1.04 bits per heavy atom. The van der Waals surface area contributed by atoms with Gasteiger partial charge in [0.1, 0.15) is 12.4 Å². The monoisotopic (exact) mass is 731 g/mol. The number of nitrogens with zero attached hydrogens (tertiary/aromatic N) is 2. The first-order valence-electron chi connectivity index (χ1n) is 17.6. The van der Waals surface area contributed by atoms with Gasteiger partial charge in [-0.3, -0.25) is 29.0 Å². The van der Waals surface area contributed by atoms with E-state index in [1.165, 1.54) is 11.3 Å². The molecule has 0 fully saturated rings. The summed E-state index contributed by atoms with van der Waals surface area (Å²) in [4.78, 5) is 76.4. The molecular formula is C38H49N7O6S. The van der Waals surface area contributed by atoms with Crippen LogP contribution in [-0.2, 0) is 25.6 Å². The van der Waals surface area contributed by atoms with E-state index in [0.29, 0.717) is 24.1 Å². The lowest BCUT2D eigenvalue weighted by atomic mass is 9.88. The second-order valence-corrected chi connectivity index (χ2v) is 14.5. The normalized spacial score (nSPS) is 20.3. The van der Waals surface area contributed by atoms with Crippen molar-refractivity contribution in [2.75, 3.05) is 19.7 Å². The zero-order chi connectivity index (χ0) is 37.6. The van der Waals surface area contributed by atoms with Crippen LogP contribution in [0.1, 0.15) is 68.2 Å². The predicted molar refractivity (Wildman–Crippen MR) is 202 cm³/mol. The van der Waals surface area contributed by atoms with Crippen LogP contribution in [-0.4, -0.2) is 72.0 Å². The van der Waals surface area contributed by atoms with E-state index in [0.717, 1.165) is 10.3 Å². The minimum Gasteiger partial charge on any atom is -0.490 e. The maximum absolute atomic E-state index is 14.2. The third-order valence-electron chi connectivity index (χ3n) is 8.59. The van der Waals surface area contributed by atoms with Crippen molar-refractivity contribution in [3.63, 3.8) is 0 Å². The van der Waals surface area contributed by atoms with Gasteiger partial charge >= 0.3 is 0 Å². The summed E-state index contributed by atoms with van der Waals surface area (Å²) < 4.78 is 6.63. The molecule has 0 saturated carbocycles. The number of rotatable bonds is 10. The minimum absolute atomic E-state index is 0.0473. The minimum atomic E-state index is -0.958. The number of hydrogen-bond acceptors (Lipinski definition) is 9. The van der Waals surface area contributed by atoms with E-state index in [-0.39, 0.29) is 79.7 Å². The lowest BCUT2D eigenvalue weighted by molar-refractivity contribution is -0.134. The second-order valence-electron chi connectivity index (χ2n) is 13.5. The number of aromatic nitrogens is 1. The SMILES string of the molecule is CC(C)C[C@@H]1NC(=O)[C@@H](C)CC(=O)NC/C=C/COc2ccc(cc2)C[C@@H](C(=O)N[C@@H](CCCN=C(N)N)C(=O)c2nc3ccccc3s2)CC1=O. The molecule has 0 saturated heterocycles. The fraction of sp³-hybridized carbons (Fsp3) is 0.447. The molecule has 5 rings (SSSR count). The van der Waals surface area contributed by atoms with E-state index in [9.17, 15) is 24.0 Å². The Kier molecular flexibility index (Phi) is 14.9. The third kappa shape index (κ3) is 12.3. The Morgan fingerprint density at radius 3 is 2.50 bits per heavy atom. The summed E-state index contributed by atoms with van der Waals surface area (Å²) in [6.07, 6.45) is 4.47. The molecule has 7 N–H and O–H groups in total. The van der Waals surface area contributed by atoms with Crippen LogP contribution in [0.15, 0.2) is 65.7 Å². The first kappa shape index (κ1) is 39.7. The number of nitrogens with one attached hydrogen (secondary N) is 3. The Hall–Kier alpha value is -5.11. The lowest BCUT2D eigenvalue weighted by Crippen LogP contribution is -2.48. The highest BCUT2D eigenvalue weighted by molar-refractivity contribution is 7.20. The van der Waals surface area contributed by atoms with Gasteiger partial charge in [0.25, 0.3) is 0 Å². The van der Waals surface area contributed by atoms with Gasteiger partial charge < -0.3 is 32.2 Å². The summed E-state index contributed by atoms with van der Waals surface area (Å²) in [5.74, 6) is -2.87. The molecule has 3 aromatic rings. The van der Waals surface area contributed by atoms with E-state index in [1.807, 2.05) is 50.2 Å². The third-order valence-corrected chi connectivity index (χ3v) is 9.64. The zero-order valence-corrected chi connectivity index (χ0v) is 30.7. The van der Waals surface area contributed by atoms with Crippen molar-refractivity contribution in [2.45, 2.75) is 71.4 Å². The number of para-hydroxylation sites is 1. The van der Waals surface area contributed by atoms with E-state index in [4.69, 9.17) is 16.2 Å². The molecule has 2 bridgehead atoms. The largest absolute Gasteiger partial charge is 0.490 e. The van der Waals surface area contributed by atoms with Crippen molar-refractivity contribution in [1.82, 2.24) is 20.9 Å². The molecule has 0 spiro atoms. The fourth-order valence-corrected chi connectivity index (χ4v) is 6.77. The molecule has 2 aromatic carbocycles. The molecule has 52 heavy (non-hydrogen) atoms. The van der Waals surface area contributed by atoms with Crippen molar-refractivity contribution < 1.29 is 28.7 Å². The molecular weight excluding hydrogens is 683 g/mol. The Bertz CT molecular complexity index is 1730. The van der Waals surface area contributed by atoms with Crippen LogP contribution in [0, 0.1) is 17.8 Å². The summed E-state index contributed by atoms with van der Waals surface area (Å²) in [7, 11) is 0. The number of carbonyl (C=O) groups excluding carboxylic acids is 5. The Balaban J connectivity index is 1.64. The highest BCUT2D eigenvalue weighted by Gasteiger charge is 2.32. The Labute approximate surface area is 308 Å². The average molecular weight is 732 g/mol. The van der Waals surface area contributed by atoms with Crippen molar-refractivity contribution >= 4 is 56.8 Å². The Morgan fingerprint density at radius 2 is 1.79 bits per heavy atom. The van der Waals surface area contributed by atoms with Gasteiger partial charge in [-0.05, 0) is 67.5 Å². The number of carbonyl (C=O) groups is 5. The number of thiazole rings is 1. The van der Waals surface area contributed by atoms with Crippen molar-refractivity contribution in [3.05, 3.63) is 71.3 Å². The zero-order valence-electron chi connectivity index (χ0n) is 29.9. The molecule has 14 heteroatoms. The predicted octanol–water partition coefficient (Wildman–Crippen LogP) is 3.46. The van der Waals surface area contributed by atoms with Gasteiger partial charge in [-0.1, -0.05) is 51.1 Å². The number of Topliss-reactive ketones (excluding diaryl/α,β-unsaturated/α-hetero) is 2. The maximum atomic E-state index is 14.2. The number of fused-ring (bicyclic) bond motifs is 17. The van der Waals surface area contributed by atoms with E-state index in [1.54, 1.807) is 31.2 Å². The topological polar surface area (TPSA) is 208 Å². The van der Waals surface area contributed by atoms with Crippen LogP contribution in [0.5, 0.6) is 5.75 Å². The van der Waals surface area contributed by atoms with Crippen LogP contribution < -0.4 is 32.2 Å². The van der Waals surface area contributed by atoms with Crippen molar-refractivity contribution in [3.8, 4) is 5.75 Å². The molecule has 0 radical (unpaired) electrons. The average Bonchev–Trinajstić information content (AvgIpc) is 3.54. The molecule has 0 aliphatic carbocycles. The molecule has 2 aliphatic rings. The molecule has 2 aliphatic heterocycles. The fourth-order valence-electron chi connectivity index (χ4n) is 5.81. The molecule has 0 unspecified atom stereocenters. The summed E-state index contributed by atoms with van der Waals surface area (Å²) in [5.41, 5.74) is 12.5. The van der Waals surface area contributed by atoms with Crippen LogP contribution in [0.3, 0.4) is 0 Å². The van der Waals surface area contributed by atoms with Gasteiger partial charge in [0, 0.05) is 37.8 Å². The van der Waals surface area contributed by atoms with Gasteiger partial charge in [-0.2, -0.15) is 0 Å². The van der Waals surface area contributed by atoms with E-state index >= 15 is 0 Å². The highest BCUT2D eigenvalue weighted by atomic mass is 32.1. The van der Waals surface area contributed by atoms with Gasteiger partial charge in [0.2, 0.25) is 23.5 Å². The first-order valence-corrected chi connectivity index (χ1v) is 18.4. The number of benzene rings is 2. The number of amides is 3. The summed E-state index contributed by atoms with van der Waals surface area (Å²) in [5, 5.41) is 8.82. The van der Waals surface area contributed by atoms with E-state index in [2.05, 4.69) is 25.9 Å². The molecule has 3 heterocycles. The smallest absolute Gasteiger partial charge is 0.224 e. The van der Waals surface area contributed by atoms with Gasteiger partial charge in [-0.25, -0.2) is 4.98 Å². The highest BCUT2D eigenvalue weighted by Crippen LogP contribution is 2.25. The quantitative estimate of drug-likeness (QED) is 0.0679. The summed E-state index contributed by atoms with van der Waals surface area (Å²) in [6, 6.07) is 12.8. The van der Waals surface area contributed by atoms with Crippen LogP contribution >= 0.6 is 11.3 Å². The number of aliphatic imine (C=N–C) groups is 1. The maximum Gasteiger partial charge on any atom is 0.224 e. The lowest BCUT2D eigenvalue weighted by Gasteiger charge is -2.25. The number of guanidine groups is 1. The summed E-state index contributed by atoms with van der Waals surface area (Å²) >= 11 is 1.24. The molecule has 278 valence electrons.